The van der Waals surface area contributed by atoms with Crippen molar-refractivity contribution in [1.29, 1.82) is 0 Å². The lowest BCUT2D eigenvalue weighted by molar-refractivity contribution is -0.000258. The number of benzene rings is 1. The number of rotatable bonds is 2. The second-order valence-corrected chi connectivity index (χ2v) is 6.30. The molecule has 110 valence electrons. The van der Waals surface area contributed by atoms with Gasteiger partial charge in [-0.3, -0.25) is 0 Å². The smallest absolute Gasteiger partial charge is 0.340 e. The van der Waals surface area contributed by atoms with Crippen LogP contribution in [-0.4, -0.2) is 41.1 Å². The Kier molecular flexibility index (Phi) is 3.00. The second-order valence-electron chi connectivity index (χ2n) is 6.30. The molecule has 21 heavy (non-hydrogen) atoms. The first-order chi connectivity index (χ1) is 10.2. The number of para-hydroxylation sites is 1. The molecule has 1 aromatic carbocycles. The molecule has 0 amide bonds. The molecule has 3 atom stereocenters. The minimum Gasteiger partial charge on any atom is -0.459 e. The number of piperidine rings is 1. The van der Waals surface area contributed by atoms with Gasteiger partial charge in [-0.05, 0) is 26.0 Å². The SMILES string of the molecule is CN1C2CC[C@H]1CC(OC(=O)c1c[nH]c3ccccc13)C2. The Bertz CT molecular complexity index is 664. The van der Waals surface area contributed by atoms with E-state index in [0.717, 1.165) is 23.7 Å². The van der Waals surface area contributed by atoms with E-state index in [0.29, 0.717) is 17.6 Å². The number of nitrogens with zero attached hydrogens (tertiary/aromatic N) is 1. The summed E-state index contributed by atoms with van der Waals surface area (Å²) in [6, 6.07) is 9.02. The number of hydrogen-bond donors (Lipinski definition) is 1. The molecule has 1 aromatic heterocycles. The monoisotopic (exact) mass is 284 g/mol. The van der Waals surface area contributed by atoms with Gasteiger partial charge >= 0.3 is 5.97 Å². The van der Waals surface area contributed by atoms with E-state index in [1.807, 2.05) is 24.3 Å². The van der Waals surface area contributed by atoms with Crippen LogP contribution in [0.4, 0.5) is 0 Å². The first-order valence-electron chi connectivity index (χ1n) is 7.71. The number of carbonyl (C=O) groups is 1. The molecule has 0 spiro atoms. The van der Waals surface area contributed by atoms with Crippen molar-refractivity contribution in [2.75, 3.05) is 7.05 Å². The maximum Gasteiger partial charge on any atom is 0.340 e. The van der Waals surface area contributed by atoms with Gasteiger partial charge in [-0.25, -0.2) is 4.79 Å². The van der Waals surface area contributed by atoms with E-state index >= 15 is 0 Å². The van der Waals surface area contributed by atoms with Gasteiger partial charge in [-0.1, -0.05) is 18.2 Å². The van der Waals surface area contributed by atoms with Crippen molar-refractivity contribution >= 4 is 16.9 Å². The van der Waals surface area contributed by atoms with Gasteiger partial charge in [-0.15, -0.1) is 0 Å². The summed E-state index contributed by atoms with van der Waals surface area (Å²) in [5, 5.41) is 0.943. The van der Waals surface area contributed by atoms with Crippen LogP contribution in [-0.2, 0) is 4.74 Å². The Hall–Kier alpha value is -1.81. The molecule has 0 saturated carbocycles. The summed E-state index contributed by atoms with van der Waals surface area (Å²) in [5.41, 5.74) is 1.63. The number of esters is 1. The van der Waals surface area contributed by atoms with Crippen molar-refractivity contribution < 1.29 is 9.53 Å². The molecule has 4 nitrogen and oxygen atoms in total. The van der Waals surface area contributed by atoms with Crippen LogP contribution in [0.25, 0.3) is 10.9 Å². The third kappa shape index (κ3) is 2.14. The maximum atomic E-state index is 12.4. The van der Waals surface area contributed by atoms with Crippen molar-refractivity contribution in [3.05, 3.63) is 36.0 Å². The molecule has 2 aromatic rings. The highest BCUT2D eigenvalue weighted by molar-refractivity contribution is 6.04. The number of fused-ring (bicyclic) bond motifs is 3. The summed E-state index contributed by atoms with van der Waals surface area (Å²) in [4.78, 5) is 18.0. The fourth-order valence-electron chi connectivity index (χ4n) is 3.91. The van der Waals surface area contributed by atoms with Gasteiger partial charge in [0.15, 0.2) is 0 Å². The van der Waals surface area contributed by atoms with Crippen molar-refractivity contribution in [1.82, 2.24) is 9.88 Å². The highest BCUT2D eigenvalue weighted by atomic mass is 16.5. The molecule has 3 heterocycles. The first-order valence-corrected chi connectivity index (χ1v) is 7.71. The highest BCUT2D eigenvalue weighted by Gasteiger charge is 2.40. The van der Waals surface area contributed by atoms with Crippen LogP contribution in [0.2, 0.25) is 0 Å². The Morgan fingerprint density at radius 2 is 1.95 bits per heavy atom. The van der Waals surface area contributed by atoms with E-state index in [1.165, 1.54) is 12.8 Å². The van der Waals surface area contributed by atoms with Gasteiger partial charge < -0.3 is 14.6 Å². The van der Waals surface area contributed by atoms with E-state index in [1.54, 1.807) is 6.20 Å². The van der Waals surface area contributed by atoms with Crippen LogP contribution in [0.5, 0.6) is 0 Å². The number of aromatic amines is 1. The van der Waals surface area contributed by atoms with E-state index in [4.69, 9.17) is 4.74 Å². The van der Waals surface area contributed by atoms with Crippen LogP contribution in [0.3, 0.4) is 0 Å². The lowest BCUT2D eigenvalue weighted by Crippen LogP contribution is -2.43. The van der Waals surface area contributed by atoms with E-state index in [9.17, 15) is 4.79 Å². The zero-order chi connectivity index (χ0) is 14.4. The fourth-order valence-corrected chi connectivity index (χ4v) is 3.91. The number of carbonyl (C=O) groups excluding carboxylic acids is 1. The molecular weight excluding hydrogens is 264 g/mol. The minimum atomic E-state index is -0.193. The summed E-state index contributed by atoms with van der Waals surface area (Å²) in [5.74, 6) is -0.193. The average Bonchev–Trinajstić information content (AvgIpc) is 2.98. The van der Waals surface area contributed by atoms with Crippen LogP contribution in [0, 0.1) is 0 Å². The van der Waals surface area contributed by atoms with Crippen molar-refractivity contribution in [3.63, 3.8) is 0 Å². The molecule has 1 N–H and O–H groups in total. The van der Waals surface area contributed by atoms with Gasteiger partial charge in [0.25, 0.3) is 0 Å². The molecule has 0 aliphatic carbocycles. The third-order valence-corrected chi connectivity index (χ3v) is 5.14. The summed E-state index contributed by atoms with van der Waals surface area (Å²) in [7, 11) is 2.19. The summed E-state index contributed by atoms with van der Waals surface area (Å²) in [6.07, 6.45) is 6.25. The topological polar surface area (TPSA) is 45.3 Å². The number of nitrogens with one attached hydrogen (secondary N) is 1. The molecule has 2 saturated heterocycles. The van der Waals surface area contributed by atoms with E-state index in [2.05, 4.69) is 16.9 Å². The third-order valence-electron chi connectivity index (χ3n) is 5.14. The summed E-state index contributed by atoms with van der Waals surface area (Å²) < 4.78 is 5.79. The molecule has 2 fully saturated rings. The van der Waals surface area contributed by atoms with Gasteiger partial charge in [-0.2, -0.15) is 0 Å². The molecule has 4 heteroatoms. The normalized spacial score (nSPS) is 28.9. The number of aromatic nitrogens is 1. The van der Waals surface area contributed by atoms with Crippen LogP contribution < -0.4 is 0 Å². The Morgan fingerprint density at radius 3 is 2.71 bits per heavy atom. The lowest BCUT2D eigenvalue weighted by Gasteiger charge is -2.35. The Morgan fingerprint density at radius 1 is 1.24 bits per heavy atom. The van der Waals surface area contributed by atoms with E-state index in [-0.39, 0.29) is 12.1 Å². The quantitative estimate of drug-likeness (QED) is 0.862. The molecule has 2 aliphatic rings. The van der Waals surface area contributed by atoms with E-state index < -0.39 is 0 Å². The first kappa shape index (κ1) is 12.9. The van der Waals surface area contributed by atoms with Crippen molar-refractivity contribution in [3.8, 4) is 0 Å². The molecule has 2 aliphatic heterocycles. The van der Waals surface area contributed by atoms with Crippen LogP contribution >= 0.6 is 0 Å². The summed E-state index contributed by atoms with van der Waals surface area (Å²) in [6.45, 7) is 0. The fraction of sp³-hybridized carbons (Fsp3) is 0.471. The van der Waals surface area contributed by atoms with Crippen molar-refractivity contribution in [2.45, 2.75) is 43.9 Å². The Balaban J connectivity index is 1.51. The van der Waals surface area contributed by atoms with Crippen LogP contribution in [0.15, 0.2) is 30.5 Å². The molecule has 0 radical (unpaired) electrons. The number of H-pyrrole nitrogens is 1. The number of ether oxygens (including phenoxy) is 1. The molecule has 4 rings (SSSR count). The zero-order valence-corrected chi connectivity index (χ0v) is 12.2. The predicted molar refractivity (Wildman–Crippen MR) is 81.3 cm³/mol. The van der Waals surface area contributed by atoms with Gasteiger partial charge in [0, 0.05) is 42.0 Å². The largest absolute Gasteiger partial charge is 0.459 e. The highest BCUT2D eigenvalue weighted by Crippen LogP contribution is 2.35. The lowest BCUT2D eigenvalue weighted by atomic mass is 10.0. The van der Waals surface area contributed by atoms with Gasteiger partial charge in [0.1, 0.15) is 6.10 Å². The molecular formula is C17H20N2O2. The summed E-state index contributed by atoms with van der Waals surface area (Å²) >= 11 is 0. The van der Waals surface area contributed by atoms with Gasteiger partial charge in [0.2, 0.25) is 0 Å². The van der Waals surface area contributed by atoms with Gasteiger partial charge in [0.05, 0.1) is 5.56 Å². The van der Waals surface area contributed by atoms with Crippen LogP contribution in [0.1, 0.15) is 36.0 Å². The Labute approximate surface area is 124 Å². The maximum absolute atomic E-state index is 12.4. The second kappa shape index (κ2) is 4.88. The standard InChI is InChI=1S/C17H20N2O2/c1-19-11-6-7-12(19)9-13(8-11)21-17(20)15-10-18-16-5-3-2-4-14(15)16/h2-5,10-13,18H,6-9H2,1H3/t11-,12?,13?/m0/s1. The molecule has 2 bridgehead atoms. The van der Waals surface area contributed by atoms with Crippen molar-refractivity contribution in [2.24, 2.45) is 0 Å². The number of hydrogen-bond acceptors (Lipinski definition) is 3. The predicted octanol–water partition coefficient (Wildman–Crippen LogP) is 2.95. The minimum absolute atomic E-state index is 0.0693. The molecule has 2 unspecified atom stereocenters. The zero-order valence-electron chi connectivity index (χ0n) is 12.2. The average molecular weight is 284 g/mol.